The summed E-state index contributed by atoms with van der Waals surface area (Å²) in [7, 11) is -0.531. The zero-order valence-electron chi connectivity index (χ0n) is 22.8. The van der Waals surface area contributed by atoms with Crippen molar-refractivity contribution in [3.63, 3.8) is 0 Å². The molecule has 0 bridgehead atoms. The van der Waals surface area contributed by atoms with E-state index in [1.54, 1.807) is 37.1 Å². The van der Waals surface area contributed by atoms with Crippen molar-refractivity contribution in [2.45, 2.75) is 63.0 Å². The number of aliphatic hydroxyl groups excluding tert-OH is 1. The highest BCUT2D eigenvalue weighted by Crippen LogP contribution is 2.37. The van der Waals surface area contributed by atoms with E-state index in [4.69, 9.17) is 9.47 Å². The lowest BCUT2D eigenvalue weighted by molar-refractivity contribution is -0.136. The third-order valence-corrected chi connectivity index (χ3v) is 9.87. The third-order valence-electron chi connectivity index (χ3n) is 7.85. The fourth-order valence-corrected chi connectivity index (χ4v) is 7.27. The Morgan fingerprint density at radius 2 is 1.87 bits per heavy atom. The van der Waals surface area contributed by atoms with E-state index in [1.807, 2.05) is 38.2 Å². The number of hydrogen-bond donors (Lipinski definition) is 1. The number of aliphatic hydroxyl groups is 1. The first kappa shape index (κ1) is 28.4. The maximum absolute atomic E-state index is 13.8. The minimum Gasteiger partial charge on any atom is -0.497 e. The van der Waals surface area contributed by atoms with Gasteiger partial charge in [-0.25, -0.2) is 8.42 Å². The average Bonchev–Trinajstić information content (AvgIpc) is 2.94. The van der Waals surface area contributed by atoms with E-state index in [0.29, 0.717) is 12.3 Å². The maximum atomic E-state index is 13.8. The molecule has 0 unspecified atom stereocenters. The lowest BCUT2D eigenvalue weighted by Gasteiger charge is -2.38. The van der Waals surface area contributed by atoms with Crippen LogP contribution in [0.5, 0.6) is 11.5 Å². The highest BCUT2D eigenvalue weighted by atomic mass is 32.2. The summed E-state index contributed by atoms with van der Waals surface area (Å²) >= 11 is 0. The number of fused-ring (bicyclic) bond motifs is 1. The number of benzene rings is 2. The molecule has 0 radical (unpaired) electrons. The zero-order chi connectivity index (χ0) is 27.4. The Labute approximate surface area is 226 Å². The van der Waals surface area contributed by atoms with Crippen molar-refractivity contribution in [3.8, 4) is 22.6 Å². The van der Waals surface area contributed by atoms with E-state index in [-0.39, 0.29) is 41.5 Å². The topological polar surface area (TPSA) is 96.4 Å². The van der Waals surface area contributed by atoms with E-state index in [2.05, 4.69) is 0 Å². The van der Waals surface area contributed by atoms with Gasteiger partial charge in [-0.1, -0.05) is 44.4 Å². The third kappa shape index (κ3) is 6.00. The van der Waals surface area contributed by atoms with Crippen LogP contribution in [0.1, 0.15) is 46.0 Å². The van der Waals surface area contributed by atoms with Crippen LogP contribution in [-0.2, 0) is 14.8 Å². The highest BCUT2D eigenvalue weighted by molar-refractivity contribution is 7.89. The lowest BCUT2D eigenvalue weighted by atomic mass is 9.88. The molecule has 0 spiro atoms. The summed E-state index contributed by atoms with van der Waals surface area (Å²) in [5.74, 6) is 0.876. The smallest absolute Gasteiger partial charge is 0.247 e. The van der Waals surface area contributed by atoms with Crippen molar-refractivity contribution >= 4 is 15.9 Å². The monoisotopic (exact) mass is 544 g/mol. The molecule has 1 amide bonds. The van der Waals surface area contributed by atoms with E-state index < -0.39 is 22.2 Å². The van der Waals surface area contributed by atoms with Gasteiger partial charge < -0.3 is 19.5 Å². The SMILES string of the molecule is COc1cccc(-c2ccc3c(c2)O[C@@H](CN(C)C(=O)C2CCCCC2)[C@@H](C)CN([C@@H](C)CO)S3(=O)=O)c1. The summed E-state index contributed by atoms with van der Waals surface area (Å²) in [6.07, 6.45) is 4.72. The summed E-state index contributed by atoms with van der Waals surface area (Å²) in [6, 6.07) is 12.0. The standard InChI is InChI=1S/C29H40N2O6S/c1-20-17-31(21(2)19-32)38(34,35)28-14-13-24(23-11-8-12-25(15-23)36-4)16-26(28)37-27(20)18-30(3)29(33)22-9-6-5-7-10-22/h8,11-16,20-22,27,32H,5-7,9-10,17-19H2,1-4H3/t20-,21-,27-/m0/s1. The Hall–Kier alpha value is -2.62. The summed E-state index contributed by atoms with van der Waals surface area (Å²) in [4.78, 5) is 15.0. The highest BCUT2D eigenvalue weighted by Gasteiger charge is 2.39. The fraction of sp³-hybridized carbons (Fsp3) is 0.552. The van der Waals surface area contributed by atoms with Gasteiger partial charge in [-0.05, 0) is 55.2 Å². The van der Waals surface area contributed by atoms with Gasteiger partial charge in [0.2, 0.25) is 15.9 Å². The Morgan fingerprint density at radius 1 is 1.16 bits per heavy atom. The van der Waals surface area contributed by atoms with E-state index in [0.717, 1.165) is 36.8 Å². The number of amides is 1. The molecule has 4 rings (SSSR count). The molecule has 1 heterocycles. The molecule has 1 aliphatic heterocycles. The maximum Gasteiger partial charge on any atom is 0.247 e. The molecule has 0 aromatic heterocycles. The minimum atomic E-state index is -3.94. The second-order valence-corrected chi connectivity index (χ2v) is 12.5. The summed E-state index contributed by atoms with van der Waals surface area (Å²) in [6.45, 7) is 3.87. The Balaban J connectivity index is 1.72. The number of methoxy groups -OCH3 is 1. The number of carbonyl (C=O) groups is 1. The van der Waals surface area contributed by atoms with E-state index in [9.17, 15) is 18.3 Å². The molecule has 2 aromatic carbocycles. The summed E-state index contributed by atoms with van der Waals surface area (Å²) in [5.41, 5.74) is 1.66. The number of rotatable bonds is 7. The first-order valence-electron chi connectivity index (χ1n) is 13.5. The van der Waals surface area contributed by atoms with Crippen LogP contribution >= 0.6 is 0 Å². The number of carbonyl (C=O) groups excluding carboxylic acids is 1. The lowest BCUT2D eigenvalue weighted by Crippen LogP contribution is -2.50. The zero-order valence-corrected chi connectivity index (χ0v) is 23.6. The molecule has 38 heavy (non-hydrogen) atoms. The van der Waals surface area contributed by atoms with E-state index in [1.165, 1.54) is 10.7 Å². The number of sulfonamides is 1. The van der Waals surface area contributed by atoms with Gasteiger partial charge in [0.05, 0.1) is 20.3 Å². The van der Waals surface area contributed by atoms with Gasteiger partial charge >= 0.3 is 0 Å². The van der Waals surface area contributed by atoms with Crippen molar-refractivity contribution in [1.29, 1.82) is 0 Å². The average molecular weight is 545 g/mol. The first-order valence-corrected chi connectivity index (χ1v) is 14.9. The van der Waals surface area contributed by atoms with Crippen molar-refractivity contribution in [1.82, 2.24) is 9.21 Å². The van der Waals surface area contributed by atoms with Gasteiger partial charge in [-0.2, -0.15) is 4.31 Å². The van der Waals surface area contributed by atoms with Gasteiger partial charge in [0.25, 0.3) is 0 Å². The predicted molar refractivity (Wildman–Crippen MR) is 147 cm³/mol. The fourth-order valence-electron chi connectivity index (χ4n) is 5.45. The van der Waals surface area contributed by atoms with Crippen molar-refractivity contribution < 1.29 is 27.8 Å². The second-order valence-electron chi connectivity index (χ2n) is 10.7. The molecular weight excluding hydrogens is 504 g/mol. The minimum absolute atomic E-state index is 0.0378. The molecule has 8 nitrogen and oxygen atoms in total. The Kier molecular flexibility index (Phi) is 9.00. The van der Waals surface area contributed by atoms with Gasteiger partial charge in [0.1, 0.15) is 22.5 Å². The molecule has 208 valence electrons. The molecular formula is C29H40N2O6S. The van der Waals surface area contributed by atoms with Crippen LogP contribution in [0, 0.1) is 11.8 Å². The first-order chi connectivity index (χ1) is 18.1. The molecule has 2 aliphatic rings. The number of hydrogen-bond acceptors (Lipinski definition) is 6. The van der Waals surface area contributed by atoms with Gasteiger partial charge in [0, 0.05) is 31.5 Å². The summed E-state index contributed by atoms with van der Waals surface area (Å²) in [5, 5.41) is 9.88. The van der Waals surface area contributed by atoms with Crippen LogP contribution < -0.4 is 9.47 Å². The van der Waals surface area contributed by atoms with Gasteiger partial charge in [-0.3, -0.25) is 4.79 Å². The van der Waals surface area contributed by atoms with Crippen LogP contribution in [-0.4, -0.2) is 74.6 Å². The van der Waals surface area contributed by atoms with Crippen molar-refractivity contribution in [3.05, 3.63) is 42.5 Å². The van der Waals surface area contributed by atoms with Gasteiger partial charge in [0.15, 0.2) is 0 Å². The van der Waals surface area contributed by atoms with Crippen LogP contribution in [0.25, 0.3) is 11.1 Å². The van der Waals surface area contributed by atoms with Crippen LogP contribution in [0.15, 0.2) is 47.4 Å². The molecule has 1 N–H and O–H groups in total. The predicted octanol–water partition coefficient (Wildman–Crippen LogP) is 4.17. The molecule has 9 heteroatoms. The van der Waals surface area contributed by atoms with Crippen molar-refractivity contribution in [2.24, 2.45) is 11.8 Å². The normalized spacial score (nSPS) is 22.9. The van der Waals surface area contributed by atoms with E-state index >= 15 is 0 Å². The Bertz CT molecular complexity index is 1230. The number of ether oxygens (including phenoxy) is 2. The molecule has 0 saturated heterocycles. The largest absolute Gasteiger partial charge is 0.497 e. The quantitative estimate of drug-likeness (QED) is 0.562. The van der Waals surface area contributed by atoms with Gasteiger partial charge in [-0.15, -0.1) is 0 Å². The molecule has 1 saturated carbocycles. The molecule has 2 aromatic rings. The number of likely N-dealkylation sites (N-methyl/N-ethyl adjacent to an activating group) is 1. The number of nitrogens with zero attached hydrogens (tertiary/aromatic N) is 2. The summed E-state index contributed by atoms with van der Waals surface area (Å²) < 4.78 is 40.7. The van der Waals surface area contributed by atoms with Crippen LogP contribution in [0.3, 0.4) is 0 Å². The van der Waals surface area contributed by atoms with Crippen LogP contribution in [0.2, 0.25) is 0 Å². The molecule has 1 aliphatic carbocycles. The molecule has 1 fully saturated rings. The van der Waals surface area contributed by atoms with Crippen molar-refractivity contribution in [2.75, 3.05) is 33.9 Å². The molecule has 3 atom stereocenters. The van der Waals surface area contributed by atoms with Crippen LogP contribution in [0.4, 0.5) is 0 Å². The second kappa shape index (κ2) is 12.1. The Morgan fingerprint density at radius 3 is 2.55 bits per heavy atom.